The molecule has 11 nitrogen and oxygen atoms in total. The molecule has 0 aliphatic heterocycles. The molecule has 0 radical (unpaired) electrons. The summed E-state index contributed by atoms with van der Waals surface area (Å²) in [6.45, 7) is 0. The highest BCUT2D eigenvalue weighted by molar-refractivity contribution is 7.92. The first-order valence-corrected chi connectivity index (χ1v) is 10.6. The number of sulfonamides is 1. The van der Waals surface area contributed by atoms with Crippen molar-refractivity contribution in [3.8, 4) is 0 Å². The van der Waals surface area contributed by atoms with Gasteiger partial charge in [0.25, 0.3) is 21.4 Å². The summed E-state index contributed by atoms with van der Waals surface area (Å²) < 4.78 is 28.1. The second-order valence-corrected chi connectivity index (χ2v) is 8.36. The maximum Gasteiger partial charge on any atom is 0.270 e. The lowest BCUT2D eigenvalue weighted by atomic mass is 10.2. The quantitative estimate of drug-likeness (QED) is 0.277. The highest BCUT2D eigenvalue weighted by Gasteiger charge is 2.22. The summed E-state index contributed by atoms with van der Waals surface area (Å²) >= 11 is 5.80. The molecule has 0 bridgehead atoms. The van der Waals surface area contributed by atoms with Crippen molar-refractivity contribution in [1.82, 2.24) is 0 Å². The normalized spacial score (nSPS) is 11.3. The lowest BCUT2D eigenvalue weighted by Crippen LogP contribution is -2.15. The number of non-ortho nitro benzene ring substituents is 2. The van der Waals surface area contributed by atoms with Crippen molar-refractivity contribution in [2.75, 3.05) is 10.1 Å². The topological polar surface area (TPSA) is 157 Å². The highest BCUT2D eigenvalue weighted by Crippen LogP contribution is 2.28. The van der Waals surface area contributed by atoms with E-state index in [-0.39, 0.29) is 17.1 Å². The molecule has 32 heavy (non-hydrogen) atoms. The molecule has 0 saturated heterocycles. The number of hydrogen-bond donors (Lipinski definition) is 2. The first-order chi connectivity index (χ1) is 15.2. The number of nitrogens with one attached hydrogen (secondary N) is 2. The van der Waals surface area contributed by atoms with Crippen molar-refractivity contribution < 1.29 is 18.3 Å². The Morgan fingerprint density at radius 1 is 0.875 bits per heavy atom. The molecule has 0 atom stereocenters. The summed E-state index contributed by atoms with van der Waals surface area (Å²) in [4.78, 5) is 20.2. The second kappa shape index (κ2) is 9.41. The molecule has 0 amide bonds. The number of nitrogens with zero attached hydrogens (tertiary/aromatic N) is 3. The van der Waals surface area contributed by atoms with E-state index in [4.69, 9.17) is 11.6 Å². The molecule has 0 fully saturated rings. The molecular formula is C19H14ClN5O6S. The van der Waals surface area contributed by atoms with Gasteiger partial charge in [0.05, 0.1) is 21.7 Å². The Bertz CT molecular complexity index is 1290. The number of benzene rings is 3. The van der Waals surface area contributed by atoms with E-state index in [0.29, 0.717) is 10.6 Å². The minimum Gasteiger partial charge on any atom is -0.280 e. The third-order valence-electron chi connectivity index (χ3n) is 4.06. The van der Waals surface area contributed by atoms with E-state index in [9.17, 15) is 28.6 Å². The van der Waals surface area contributed by atoms with E-state index in [2.05, 4.69) is 15.2 Å². The van der Waals surface area contributed by atoms with Gasteiger partial charge in [-0.2, -0.15) is 5.10 Å². The molecule has 0 aromatic heterocycles. The van der Waals surface area contributed by atoms with Crippen molar-refractivity contribution in [3.63, 3.8) is 0 Å². The Morgan fingerprint density at radius 3 is 2.06 bits per heavy atom. The first-order valence-electron chi connectivity index (χ1n) is 8.76. The fraction of sp³-hybridized carbons (Fsp3) is 0. The van der Waals surface area contributed by atoms with Crippen molar-refractivity contribution in [2.45, 2.75) is 4.90 Å². The van der Waals surface area contributed by atoms with Gasteiger partial charge >= 0.3 is 0 Å². The minimum atomic E-state index is -4.23. The molecule has 0 saturated carbocycles. The van der Waals surface area contributed by atoms with Crippen LogP contribution in [0.5, 0.6) is 0 Å². The monoisotopic (exact) mass is 475 g/mol. The molecule has 13 heteroatoms. The van der Waals surface area contributed by atoms with Crippen LogP contribution in [-0.2, 0) is 10.0 Å². The van der Waals surface area contributed by atoms with Gasteiger partial charge in [-0.25, -0.2) is 8.42 Å². The summed E-state index contributed by atoms with van der Waals surface area (Å²) in [6.07, 6.45) is 1.31. The van der Waals surface area contributed by atoms with Gasteiger partial charge in [-0.1, -0.05) is 11.6 Å². The van der Waals surface area contributed by atoms with Gasteiger partial charge in [0.1, 0.15) is 4.90 Å². The number of anilines is 2. The zero-order valence-corrected chi connectivity index (χ0v) is 17.6. The fourth-order valence-electron chi connectivity index (χ4n) is 2.53. The molecule has 0 unspecified atom stereocenters. The number of nitro benzene ring substituents is 2. The Balaban J connectivity index is 1.89. The van der Waals surface area contributed by atoms with Gasteiger partial charge in [-0.3, -0.25) is 30.4 Å². The van der Waals surface area contributed by atoms with Gasteiger partial charge in [0, 0.05) is 35.0 Å². The van der Waals surface area contributed by atoms with E-state index >= 15 is 0 Å². The molecule has 0 aliphatic rings. The number of hydrogen-bond acceptors (Lipinski definition) is 8. The summed E-state index contributed by atoms with van der Waals surface area (Å²) in [5, 5.41) is 26.2. The van der Waals surface area contributed by atoms with Gasteiger partial charge in [0.15, 0.2) is 0 Å². The van der Waals surface area contributed by atoms with Gasteiger partial charge in [-0.15, -0.1) is 0 Å². The molecule has 0 spiro atoms. The average molecular weight is 476 g/mol. The zero-order chi connectivity index (χ0) is 23.3. The molecule has 0 aliphatic carbocycles. The summed E-state index contributed by atoms with van der Waals surface area (Å²) in [5.74, 6) is 0. The minimum absolute atomic E-state index is 0.0183. The molecule has 3 rings (SSSR count). The molecule has 2 N–H and O–H groups in total. The van der Waals surface area contributed by atoms with Crippen LogP contribution in [0.4, 0.5) is 22.7 Å². The standard InChI is InChI=1S/C19H14ClN5O6S/c20-14-3-5-15(6-4-14)23-32(30,31)19-11-17(25(28)29)9-10-18(19)22-21-12-13-1-7-16(8-2-13)24(26)27/h1-12,22-23H. The van der Waals surface area contributed by atoms with Crippen LogP contribution in [-0.4, -0.2) is 24.5 Å². The number of halogens is 1. The van der Waals surface area contributed by atoms with Gasteiger partial charge in [0.2, 0.25) is 0 Å². The van der Waals surface area contributed by atoms with Crippen LogP contribution < -0.4 is 10.1 Å². The Hall–Kier alpha value is -4.03. The van der Waals surface area contributed by atoms with Crippen LogP contribution in [0.25, 0.3) is 0 Å². The Labute approximate surface area is 186 Å². The van der Waals surface area contributed by atoms with Crippen LogP contribution in [0.1, 0.15) is 5.56 Å². The SMILES string of the molecule is O=[N+]([O-])c1ccc(C=NNc2ccc([N+](=O)[O-])cc2S(=O)(=O)Nc2ccc(Cl)cc2)cc1. The van der Waals surface area contributed by atoms with Crippen molar-refractivity contribution >= 4 is 50.6 Å². The largest absolute Gasteiger partial charge is 0.280 e. The van der Waals surface area contributed by atoms with Crippen molar-refractivity contribution in [2.24, 2.45) is 5.10 Å². The molecule has 0 heterocycles. The van der Waals surface area contributed by atoms with Crippen molar-refractivity contribution in [1.29, 1.82) is 0 Å². The third kappa shape index (κ3) is 5.56. The highest BCUT2D eigenvalue weighted by atomic mass is 35.5. The van der Waals surface area contributed by atoms with Crippen LogP contribution in [0, 0.1) is 20.2 Å². The fourth-order valence-corrected chi connectivity index (χ4v) is 3.89. The average Bonchev–Trinajstić information content (AvgIpc) is 2.75. The van der Waals surface area contributed by atoms with Crippen LogP contribution in [0.3, 0.4) is 0 Å². The Kier molecular flexibility index (Phi) is 6.66. The molecule has 3 aromatic rings. The lowest BCUT2D eigenvalue weighted by Gasteiger charge is -2.12. The molecule has 3 aromatic carbocycles. The van der Waals surface area contributed by atoms with Crippen LogP contribution in [0.2, 0.25) is 5.02 Å². The predicted octanol–water partition coefficient (Wildman–Crippen LogP) is 4.40. The third-order valence-corrected chi connectivity index (χ3v) is 5.74. The van der Waals surface area contributed by atoms with Crippen molar-refractivity contribution in [3.05, 3.63) is 97.5 Å². The smallest absolute Gasteiger partial charge is 0.270 e. The van der Waals surface area contributed by atoms with Crippen LogP contribution in [0.15, 0.2) is 76.7 Å². The summed E-state index contributed by atoms with van der Waals surface area (Å²) in [7, 11) is -4.23. The predicted molar refractivity (Wildman–Crippen MR) is 120 cm³/mol. The number of nitro groups is 2. The maximum atomic E-state index is 12.9. The number of hydrazone groups is 1. The zero-order valence-electron chi connectivity index (χ0n) is 16.0. The van der Waals surface area contributed by atoms with E-state index in [1.165, 1.54) is 60.8 Å². The van der Waals surface area contributed by atoms with Gasteiger partial charge in [-0.05, 0) is 48.0 Å². The lowest BCUT2D eigenvalue weighted by molar-refractivity contribution is -0.385. The number of rotatable bonds is 8. The maximum absolute atomic E-state index is 12.9. The summed E-state index contributed by atoms with van der Waals surface area (Å²) in [6, 6.07) is 14.6. The van der Waals surface area contributed by atoms with E-state index < -0.39 is 30.5 Å². The van der Waals surface area contributed by atoms with Crippen LogP contribution >= 0.6 is 11.6 Å². The van der Waals surface area contributed by atoms with E-state index in [1.807, 2.05) is 0 Å². The Morgan fingerprint density at radius 2 is 1.47 bits per heavy atom. The van der Waals surface area contributed by atoms with Gasteiger partial charge < -0.3 is 0 Å². The summed E-state index contributed by atoms with van der Waals surface area (Å²) in [5.41, 5.74) is 2.72. The van der Waals surface area contributed by atoms with E-state index in [0.717, 1.165) is 12.1 Å². The molecular weight excluding hydrogens is 462 g/mol. The molecule has 164 valence electrons. The first kappa shape index (κ1) is 22.7. The second-order valence-electron chi connectivity index (χ2n) is 6.27. The van der Waals surface area contributed by atoms with E-state index in [1.54, 1.807) is 0 Å².